The lowest BCUT2D eigenvalue weighted by Crippen LogP contribution is -2.30. The number of amides is 1. The van der Waals surface area contributed by atoms with Crippen LogP contribution in [0.4, 0.5) is 5.69 Å². The molecule has 1 N–H and O–H groups in total. The Labute approximate surface area is 197 Å². The maximum absolute atomic E-state index is 12.8. The lowest BCUT2D eigenvalue weighted by molar-refractivity contribution is 0.0935. The van der Waals surface area contributed by atoms with Gasteiger partial charge in [0.2, 0.25) is 10.0 Å². The van der Waals surface area contributed by atoms with Crippen molar-refractivity contribution in [3.63, 3.8) is 0 Å². The van der Waals surface area contributed by atoms with Crippen LogP contribution in [0.5, 0.6) is 0 Å². The van der Waals surface area contributed by atoms with Crippen LogP contribution in [0.25, 0.3) is 0 Å². The summed E-state index contributed by atoms with van der Waals surface area (Å²) in [6.45, 7) is 8.18. The molecule has 0 aliphatic rings. The largest absolute Gasteiger partial charge is 0.345 e. The monoisotopic (exact) mass is 464 g/mol. The first-order valence-electron chi connectivity index (χ1n) is 11.1. The van der Waals surface area contributed by atoms with Crippen LogP contribution in [0.1, 0.15) is 57.6 Å². The van der Waals surface area contributed by atoms with Crippen LogP contribution in [0.3, 0.4) is 0 Å². The van der Waals surface area contributed by atoms with Crippen molar-refractivity contribution in [2.45, 2.75) is 46.7 Å². The molecule has 0 aliphatic heterocycles. The predicted molar refractivity (Wildman–Crippen MR) is 135 cm³/mol. The molecule has 174 valence electrons. The molecule has 0 saturated carbocycles. The molecule has 0 bridgehead atoms. The third-order valence-electron chi connectivity index (χ3n) is 5.63. The minimum atomic E-state index is -3.48. The van der Waals surface area contributed by atoms with E-state index in [1.807, 2.05) is 82.3 Å². The van der Waals surface area contributed by atoms with E-state index in [0.717, 1.165) is 28.7 Å². The van der Waals surface area contributed by atoms with Gasteiger partial charge in [0, 0.05) is 5.56 Å². The quantitative estimate of drug-likeness (QED) is 0.481. The standard InChI is InChI=1S/C27H32N2O3S/c1-6-26(23-11-7-19(2)8-12-23)28-27(30)24-13-9-22(10-14-24)18-29(33(5,31)32)25-16-20(3)15-21(4)17-25/h7-17,26H,6,18H2,1-5H3,(H,28,30). The van der Waals surface area contributed by atoms with Crippen molar-refractivity contribution in [3.05, 3.63) is 100 Å². The molecule has 6 heteroatoms. The number of hydrogen-bond acceptors (Lipinski definition) is 3. The number of nitrogens with zero attached hydrogens (tertiary/aromatic N) is 1. The minimum absolute atomic E-state index is 0.0666. The summed E-state index contributed by atoms with van der Waals surface area (Å²) in [7, 11) is -3.48. The number of carbonyl (C=O) groups excluding carboxylic acids is 1. The van der Waals surface area contributed by atoms with Crippen molar-refractivity contribution in [2.75, 3.05) is 10.6 Å². The Kier molecular flexibility index (Phi) is 7.59. The first-order valence-corrected chi connectivity index (χ1v) is 12.9. The Hall–Kier alpha value is -3.12. The Balaban J connectivity index is 1.76. The average Bonchev–Trinajstić information content (AvgIpc) is 2.75. The summed E-state index contributed by atoms with van der Waals surface area (Å²) in [4.78, 5) is 12.8. The second-order valence-electron chi connectivity index (χ2n) is 8.66. The van der Waals surface area contributed by atoms with Crippen molar-refractivity contribution in [1.29, 1.82) is 0 Å². The highest BCUT2D eigenvalue weighted by molar-refractivity contribution is 7.92. The smallest absolute Gasteiger partial charge is 0.251 e. The van der Waals surface area contributed by atoms with Gasteiger partial charge < -0.3 is 5.32 Å². The average molecular weight is 465 g/mol. The lowest BCUT2D eigenvalue weighted by Gasteiger charge is -2.23. The van der Waals surface area contributed by atoms with Gasteiger partial charge in [0.15, 0.2) is 0 Å². The van der Waals surface area contributed by atoms with E-state index in [4.69, 9.17) is 0 Å². The molecule has 0 fully saturated rings. The highest BCUT2D eigenvalue weighted by Gasteiger charge is 2.19. The second-order valence-corrected chi connectivity index (χ2v) is 10.6. The number of sulfonamides is 1. The van der Waals surface area contributed by atoms with Crippen LogP contribution in [0.15, 0.2) is 66.7 Å². The molecule has 0 aliphatic carbocycles. The van der Waals surface area contributed by atoms with Gasteiger partial charge in [0.25, 0.3) is 5.91 Å². The number of benzene rings is 3. The van der Waals surface area contributed by atoms with Gasteiger partial charge in [0.05, 0.1) is 24.5 Å². The van der Waals surface area contributed by atoms with Crippen LogP contribution < -0.4 is 9.62 Å². The van der Waals surface area contributed by atoms with Crippen LogP contribution >= 0.6 is 0 Å². The molecule has 0 radical (unpaired) electrons. The summed E-state index contributed by atoms with van der Waals surface area (Å²) in [5.41, 5.74) is 6.25. The Morgan fingerprint density at radius 3 is 1.97 bits per heavy atom. The number of anilines is 1. The number of hydrogen-bond donors (Lipinski definition) is 1. The molecule has 3 aromatic carbocycles. The zero-order valence-corrected chi connectivity index (χ0v) is 20.7. The van der Waals surface area contributed by atoms with E-state index in [0.29, 0.717) is 11.3 Å². The third-order valence-corrected chi connectivity index (χ3v) is 6.77. The molecule has 0 spiro atoms. The molecule has 0 aromatic heterocycles. The molecular weight excluding hydrogens is 432 g/mol. The number of aryl methyl sites for hydroxylation is 3. The predicted octanol–water partition coefficient (Wildman–Crippen LogP) is 5.46. The van der Waals surface area contributed by atoms with E-state index < -0.39 is 10.0 Å². The minimum Gasteiger partial charge on any atom is -0.345 e. The first kappa shape index (κ1) is 24.5. The van der Waals surface area contributed by atoms with Gasteiger partial charge >= 0.3 is 0 Å². The van der Waals surface area contributed by atoms with Crippen molar-refractivity contribution in [1.82, 2.24) is 5.32 Å². The Morgan fingerprint density at radius 1 is 0.879 bits per heavy atom. The Bertz CT molecular complexity index is 1200. The maximum atomic E-state index is 12.8. The maximum Gasteiger partial charge on any atom is 0.251 e. The highest BCUT2D eigenvalue weighted by Crippen LogP contribution is 2.24. The van der Waals surface area contributed by atoms with Crippen LogP contribution in [-0.2, 0) is 16.6 Å². The van der Waals surface area contributed by atoms with Gasteiger partial charge in [-0.15, -0.1) is 0 Å². The van der Waals surface area contributed by atoms with Gasteiger partial charge in [-0.25, -0.2) is 8.42 Å². The molecule has 0 saturated heterocycles. The van der Waals surface area contributed by atoms with Gasteiger partial charge in [-0.05, 0) is 73.7 Å². The summed E-state index contributed by atoms with van der Waals surface area (Å²) in [5.74, 6) is -0.150. The van der Waals surface area contributed by atoms with Crippen molar-refractivity contribution >= 4 is 21.6 Å². The zero-order chi connectivity index (χ0) is 24.2. The van der Waals surface area contributed by atoms with Gasteiger partial charge in [-0.1, -0.05) is 55.0 Å². The van der Waals surface area contributed by atoms with E-state index in [1.54, 1.807) is 12.1 Å². The fraction of sp³-hybridized carbons (Fsp3) is 0.296. The van der Waals surface area contributed by atoms with E-state index in [2.05, 4.69) is 5.32 Å². The fourth-order valence-electron chi connectivity index (χ4n) is 3.88. The molecule has 5 nitrogen and oxygen atoms in total. The summed E-state index contributed by atoms with van der Waals surface area (Å²) < 4.78 is 26.4. The van der Waals surface area contributed by atoms with E-state index >= 15 is 0 Å². The van der Waals surface area contributed by atoms with Crippen LogP contribution in [0, 0.1) is 20.8 Å². The Morgan fingerprint density at radius 2 is 1.45 bits per heavy atom. The molecular formula is C27H32N2O3S. The highest BCUT2D eigenvalue weighted by atomic mass is 32.2. The number of rotatable bonds is 8. The zero-order valence-electron chi connectivity index (χ0n) is 19.9. The second kappa shape index (κ2) is 10.2. The molecule has 3 aromatic rings. The van der Waals surface area contributed by atoms with Crippen LogP contribution in [-0.4, -0.2) is 20.6 Å². The van der Waals surface area contributed by atoms with Crippen molar-refractivity contribution in [3.8, 4) is 0 Å². The normalized spacial score (nSPS) is 12.3. The van der Waals surface area contributed by atoms with E-state index in [9.17, 15) is 13.2 Å². The van der Waals surface area contributed by atoms with E-state index in [-0.39, 0.29) is 18.5 Å². The number of nitrogens with one attached hydrogen (secondary N) is 1. The van der Waals surface area contributed by atoms with Crippen molar-refractivity contribution in [2.24, 2.45) is 0 Å². The summed E-state index contributed by atoms with van der Waals surface area (Å²) >= 11 is 0. The first-order chi connectivity index (χ1) is 15.6. The topological polar surface area (TPSA) is 66.5 Å². The van der Waals surface area contributed by atoms with Crippen LogP contribution in [0.2, 0.25) is 0 Å². The molecule has 0 heterocycles. The summed E-state index contributed by atoms with van der Waals surface area (Å²) in [6, 6.07) is 21.0. The summed E-state index contributed by atoms with van der Waals surface area (Å²) in [6.07, 6.45) is 1.99. The van der Waals surface area contributed by atoms with Crippen molar-refractivity contribution < 1.29 is 13.2 Å². The molecule has 3 rings (SSSR count). The van der Waals surface area contributed by atoms with Gasteiger partial charge in [0.1, 0.15) is 0 Å². The molecule has 1 amide bonds. The van der Waals surface area contributed by atoms with Gasteiger partial charge in [-0.2, -0.15) is 0 Å². The number of carbonyl (C=O) groups is 1. The summed E-state index contributed by atoms with van der Waals surface area (Å²) in [5, 5.41) is 3.10. The molecule has 1 unspecified atom stereocenters. The SMILES string of the molecule is CCC(NC(=O)c1ccc(CN(c2cc(C)cc(C)c2)S(C)(=O)=O)cc1)c1ccc(C)cc1. The van der Waals surface area contributed by atoms with Gasteiger partial charge in [-0.3, -0.25) is 9.10 Å². The fourth-order valence-corrected chi connectivity index (χ4v) is 4.76. The molecule has 33 heavy (non-hydrogen) atoms. The lowest BCUT2D eigenvalue weighted by atomic mass is 10.0. The third kappa shape index (κ3) is 6.45. The van der Waals surface area contributed by atoms with E-state index in [1.165, 1.54) is 16.1 Å². The molecule has 1 atom stereocenters.